The Hall–Kier alpha value is -4.53. The van der Waals surface area contributed by atoms with Crippen molar-refractivity contribution >= 4 is 17.9 Å². The van der Waals surface area contributed by atoms with Crippen LogP contribution in [-0.2, 0) is 0 Å². The Bertz CT molecular complexity index is 1080. The van der Waals surface area contributed by atoms with E-state index in [-0.39, 0.29) is 66.1 Å². The van der Waals surface area contributed by atoms with Gasteiger partial charge >= 0.3 is 17.9 Å². The maximum Gasteiger partial charge on any atom is 0.335 e. The normalized spacial score (nSPS) is 9.47. The monoisotopic (exact) mass is 826 g/mol. The summed E-state index contributed by atoms with van der Waals surface area (Å²) in [6, 6.07) is 24.9. The molecule has 3 rings (SSSR count). The smallest absolute Gasteiger partial charge is 0.335 e. The molecule has 0 saturated heterocycles. The van der Waals surface area contributed by atoms with Crippen LogP contribution >= 0.6 is 0 Å². The Morgan fingerprint density at radius 1 is 0.298 bits per heavy atom. The molecule has 0 aliphatic rings. The molecule has 0 spiro atoms. The minimum absolute atomic E-state index is 0.331. The lowest BCUT2D eigenvalue weighted by Gasteiger charge is -1.96. The lowest BCUT2D eigenvalue weighted by molar-refractivity contribution is 0.0450. The van der Waals surface area contributed by atoms with E-state index < -0.39 is 48.4 Å². The van der Waals surface area contributed by atoms with Crippen LogP contribution in [0.3, 0.4) is 0 Å². The molecule has 0 saturated carbocycles. The summed E-state index contributed by atoms with van der Waals surface area (Å²) in [7, 11) is 0. The number of hydrogen-bond donors (Lipinski definition) is 18. The molecule has 3 aromatic carbocycles. The fourth-order valence-corrected chi connectivity index (χ4v) is 2.03. The highest BCUT2D eigenvalue weighted by Crippen LogP contribution is 1.97. The van der Waals surface area contributed by atoms with Crippen molar-refractivity contribution in [2.45, 2.75) is 30.5 Å². The summed E-state index contributed by atoms with van der Waals surface area (Å²) >= 11 is 0. The highest BCUT2D eigenvalue weighted by atomic mass is 16.4. The first-order valence-electron chi connectivity index (χ1n) is 16.3. The molecule has 0 heterocycles. The van der Waals surface area contributed by atoms with Crippen molar-refractivity contribution in [1.82, 2.24) is 0 Å². The number of carboxylic acids is 3. The average Bonchev–Trinajstić information content (AvgIpc) is 3.27. The van der Waals surface area contributed by atoms with Crippen molar-refractivity contribution in [3.8, 4) is 0 Å². The SMILES string of the molecule is O=C(O)c1ccccc1.O=C(O)c1ccccc1.O=C(O)c1ccccc1.OCC(O)CO.OCC(O)CO.OCC(O)CO.OCC(O)CO.OCC(O)CO. The molecule has 18 N–H and O–H groups in total. The van der Waals surface area contributed by atoms with E-state index >= 15 is 0 Å². The summed E-state index contributed by atoms with van der Waals surface area (Å²) in [5.41, 5.74) is 0.993. The second-order valence-electron chi connectivity index (χ2n) is 10.1. The predicted octanol–water partition coefficient (Wildman–Crippen LogP) is -4.19. The Balaban J connectivity index is -0.000000182. The predicted molar refractivity (Wildman–Crippen MR) is 201 cm³/mol. The van der Waals surface area contributed by atoms with Crippen LogP contribution in [0.4, 0.5) is 0 Å². The van der Waals surface area contributed by atoms with Gasteiger partial charge in [0.25, 0.3) is 0 Å². The third-order valence-corrected chi connectivity index (χ3v) is 5.17. The third kappa shape index (κ3) is 47.5. The average molecular weight is 827 g/mol. The molecule has 328 valence electrons. The van der Waals surface area contributed by atoms with Gasteiger partial charge in [0.1, 0.15) is 30.5 Å². The number of benzene rings is 3. The lowest BCUT2D eigenvalue weighted by atomic mass is 10.2. The number of hydrogen-bond acceptors (Lipinski definition) is 18. The number of aliphatic hydroxyl groups excluding tert-OH is 15. The molecule has 0 unspecified atom stereocenters. The van der Waals surface area contributed by atoms with Gasteiger partial charge in [0, 0.05) is 0 Å². The molecule has 0 bridgehead atoms. The largest absolute Gasteiger partial charge is 0.478 e. The van der Waals surface area contributed by atoms with E-state index in [0.29, 0.717) is 16.7 Å². The first kappa shape index (κ1) is 61.7. The number of aromatic carboxylic acids is 3. The van der Waals surface area contributed by atoms with Gasteiger partial charge in [0.2, 0.25) is 0 Å². The van der Waals surface area contributed by atoms with Gasteiger partial charge in [-0.25, -0.2) is 14.4 Å². The van der Waals surface area contributed by atoms with Crippen molar-refractivity contribution in [1.29, 1.82) is 0 Å². The van der Waals surface area contributed by atoms with Gasteiger partial charge in [-0.15, -0.1) is 0 Å². The molecule has 0 aromatic heterocycles. The molecule has 0 radical (unpaired) electrons. The molecule has 0 amide bonds. The number of aliphatic hydroxyl groups is 15. The molecule has 57 heavy (non-hydrogen) atoms. The maximum absolute atomic E-state index is 10.2. The molecule has 0 aliphatic carbocycles. The van der Waals surface area contributed by atoms with Crippen LogP contribution in [-0.4, -0.2) is 206 Å². The minimum Gasteiger partial charge on any atom is -0.478 e. The molecule has 21 heteroatoms. The molecule has 0 aliphatic heterocycles. The third-order valence-electron chi connectivity index (χ3n) is 5.17. The van der Waals surface area contributed by atoms with E-state index in [1.54, 1.807) is 91.0 Å². The van der Waals surface area contributed by atoms with Crippen molar-refractivity contribution < 1.29 is 106 Å². The van der Waals surface area contributed by atoms with Gasteiger partial charge in [-0.1, -0.05) is 54.6 Å². The minimum atomic E-state index is -0.954. The molecular weight excluding hydrogens is 768 g/mol. The van der Waals surface area contributed by atoms with Crippen molar-refractivity contribution in [3.05, 3.63) is 108 Å². The van der Waals surface area contributed by atoms with Crippen molar-refractivity contribution in [3.63, 3.8) is 0 Å². The van der Waals surface area contributed by atoms with E-state index in [1.807, 2.05) is 0 Å². The molecule has 0 atom stereocenters. The second-order valence-corrected chi connectivity index (χ2v) is 10.1. The first-order valence-corrected chi connectivity index (χ1v) is 16.3. The van der Waals surface area contributed by atoms with Gasteiger partial charge in [0.15, 0.2) is 0 Å². The quantitative estimate of drug-likeness (QED) is 0.0777. The van der Waals surface area contributed by atoms with E-state index in [0.717, 1.165) is 0 Å². The topological polar surface area (TPSA) is 415 Å². The van der Waals surface area contributed by atoms with Crippen molar-refractivity contribution in [2.24, 2.45) is 0 Å². The molecule has 21 nitrogen and oxygen atoms in total. The first-order chi connectivity index (χ1) is 27.0. The van der Waals surface area contributed by atoms with Gasteiger partial charge < -0.3 is 91.9 Å². The van der Waals surface area contributed by atoms with Crippen LogP contribution in [0.25, 0.3) is 0 Å². The van der Waals surface area contributed by atoms with Gasteiger partial charge in [0.05, 0.1) is 82.8 Å². The fourth-order valence-electron chi connectivity index (χ4n) is 2.03. The van der Waals surface area contributed by atoms with Crippen LogP contribution in [0.15, 0.2) is 91.0 Å². The second kappa shape index (κ2) is 45.9. The molecule has 0 fully saturated rings. The van der Waals surface area contributed by atoms with E-state index in [1.165, 1.54) is 0 Å². The zero-order valence-corrected chi connectivity index (χ0v) is 30.9. The van der Waals surface area contributed by atoms with Crippen LogP contribution < -0.4 is 0 Å². The summed E-state index contributed by atoms with van der Waals surface area (Å²) in [6.45, 7) is -3.65. The number of carboxylic acid groups (broad SMARTS) is 3. The Kier molecular flexibility index (Phi) is 49.6. The summed E-state index contributed by atoms with van der Waals surface area (Å²) < 4.78 is 0. The van der Waals surface area contributed by atoms with E-state index in [4.69, 9.17) is 91.9 Å². The van der Waals surface area contributed by atoms with Crippen LogP contribution in [0, 0.1) is 0 Å². The van der Waals surface area contributed by atoms with Gasteiger partial charge in [-0.3, -0.25) is 0 Å². The highest BCUT2D eigenvalue weighted by molar-refractivity contribution is 5.88. The number of carbonyl (C=O) groups is 3. The molecular formula is C36H58O21. The van der Waals surface area contributed by atoms with Crippen LogP contribution in [0.5, 0.6) is 0 Å². The Morgan fingerprint density at radius 2 is 0.421 bits per heavy atom. The van der Waals surface area contributed by atoms with Crippen LogP contribution in [0.1, 0.15) is 31.1 Å². The van der Waals surface area contributed by atoms with Gasteiger partial charge in [-0.2, -0.15) is 0 Å². The Morgan fingerprint density at radius 3 is 0.474 bits per heavy atom. The van der Waals surface area contributed by atoms with E-state index in [9.17, 15) is 14.4 Å². The zero-order valence-electron chi connectivity index (χ0n) is 30.9. The maximum atomic E-state index is 10.2. The summed E-state index contributed by atoms with van der Waals surface area (Å²) in [5, 5.41) is 145. The Labute approximate surface area is 328 Å². The van der Waals surface area contributed by atoms with Gasteiger partial charge in [-0.05, 0) is 36.4 Å². The lowest BCUT2D eigenvalue weighted by Crippen LogP contribution is -2.15. The van der Waals surface area contributed by atoms with E-state index in [2.05, 4.69) is 0 Å². The van der Waals surface area contributed by atoms with Crippen LogP contribution in [0.2, 0.25) is 0 Å². The zero-order chi connectivity index (χ0) is 45.0. The fraction of sp³-hybridized carbons (Fsp3) is 0.417. The standard InChI is InChI=1S/3C7H6O2.5C3H8O3/c3*8-7(9)6-4-2-1-3-5-6;5*4-1-3(6)2-5/h3*1-5H,(H,8,9);5*3-6H,1-2H2. The summed E-state index contributed by atoms with van der Waals surface area (Å²) in [4.78, 5) is 30.6. The van der Waals surface area contributed by atoms with Crippen molar-refractivity contribution in [2.75, 3.05) is 66.1 Å². The molecule has 3 aromatic rings. The highest BCUT2D eigenvalue weighted by Gasteiger charge is 1.99. The summed E-state index contributed by atoms with van der Waals surface area (Å²) in [5.74, 6) is -2.64. The summed E-state index contributed by atoms with van der Waals surface area (Å²) in [6.07, 6.45) is -4.77. The number of rotatable bonds is 13.